The van der Waals surface area contributed by atoms with Crippen LogP contribution >= 0.6 is 0 Å². The number of benzene rings is 2. The predicted molar refractivity (Wildman–Crippen MR) is 96.7 cm³/mol. The van der Waals surface area contributed by atoms with E-state index in [1.54, 1.807) is 30.3 Å². The number of carbonyl (C=O) groups is 2. The minimum absolute atomic E-state index is 0.0704. The Morgan fingerprint density at radius 2 is 1.83 bits per heavy atom. The molecular formula is C19H21N3O2. The third-order valence-electron chi connectivity index (χ3n) is 4.25. The first kappa shape index (κ1) is 16.1. The van der Waals surface area contributed by atoms with Crippen molar-refractivity contribution in [3.05, 3.63) is 53.6 Å². The van der Waals surface area contributed by atoms with Gasteiger partial charge >= 0.3 is 0 Å². The van der Waals surface area contributed by atoms with E-state index in [4.69, 9.17) is 5.73 Å². The third-order valence-corrected chi connectivity index (χ3v) is 4.25. The summed E-state index contributed by atoms with van der Waals surface area (Å²) in [5.74, 6) is -0.349. The van der Waals surface area contributed by atoms with Gasteiger partial charge in [0, 0.05) is 35.6 Å². The van der Waals surface area contributed by atoms with E-state index >= 15 is 0 Å². The van der Waals surface area contributed by atoms with E-state index in [0.29, 0.717) is 22.5 Å². The van der Waals surface area contributed by atoms with Gasteiger partial charge in [0.2, 0.25) is 0 Å². The molecule has 0 aromatic heterocycles. The molecule has 5 nitrogen and oxygen atoms in total. The van der Waals surface area contributed by atoms with Crippen molar-refractivity contribution in [3.63, 3.8) is 0 Å². The van der Waals surface area contributed by atoms with Gasteiger partial charge in [-0.2, -0.15) is 0 Å². The zero-order valence-corrected chi connectivity index (χ0v) is 13.7. The Morgan fingerprint density at radius 3 is 2.50 bits per heavy atom. The minimum atomic E-state index is -0.279. The van der Waals surface area contributed by atoms with Crippen molar-refractivity contribution < 1.29 is 9.59 Å². The van der Waals surface area contributed by atoms with Gasteiger partial charge in [-0.3, -0.25) is 9.59 Å². The zero-order chi connectivity index (χ0) is 17.1. The fourth-order valence-corrected chi connectivity index (χ4v) is 2.98. The summed E-state index contributed by atoms with van der Waals surface area (Å²) in [6.07, 6.45) is 2.34. The molecule has 0 aliphatic carbocycles. The lowest BCUT2D eigenvalue weighted by molar-refractivity contribution is 0.101. The number of nitrogens with zero attached hydrogens (tertiary/aromatic N) is 1. The summed E-state index contributed by atoms with van der Waals surface area (Å²) in [6.45, 7) is 3.53. The highest BCUT2D eigenvalue weighted by Gasteiger charge is 2.17. The smallest absolute Gasteiger partial charge is 0.255 e. The summed E-state index contributed by atoms with van der Waals surface area (Å²) in [6, 6.07) is 12.4. The van der Waals surface area contributed by atoms with Crippen LogP contribution in [0, 0.1) is 0 Å². The first-order valence-corrected chi connectivity index (χ1v) is 8.11. The predicted octanol–water partition coefficient (Wildman–Crippen LogP) is 3.32. The van der Waals surface area contributed by atoms with Gasteiger partial charge in [-0.15, -0.1) is 0 Å². The van der Waals surface area contributed by atoms with Gasteiger partial charge < -0.3 is 16.0 Å². The Kier molecular flexibility index (Phi) is 4.51. The Labute approximate surface area is 141 Å². The number of hydrogen-bond acceptors (Lipinski definition) is 4. The molecule has 1 aliphatic heterocycles. The third kappa shape index (κ3) is 3.40. The average Bonchev–Trinajstić information content (AvgIpc) is 3.09. The number of nitrogens with one attached hydrogen (secondary N) is 1. The van der Waals surface area contributed by atoms with Crippen LogP contribution in [0.25, 0.3) is 0 Å². The molecule has 1 saturated heterocycles. The molecule has 3 rings (SSSR count). The SMILES string of the molecule is CC(=O)c1cc(N2CCCC2)ccc1NC(=O)c1cccc(N)c1. The summed E-state index contributed by atoms with van der Waals surface area (Å²) < 4.78 is 0. The van der Waals surface area contributed by atoms with Crippen molar-refractivity contribution in [2.75, 3.05) is 29.0 Å². The molecule has 2 aromatic rings. The van der Waals surface area contributed by atoms with E-state index in [9.17, 15) is 9.59 Å². The lowest BCUT2D eigenvalue weighted by Gasteiger charge is -2.19. The van der Waals surface area contributed by atoms with Crippen molar-refractivity contribution in [1.29, 1.82) is 0 Å². The summed E-state index contributed by atoms with van der Waals surface area (Å²) >= 11 is 0. The number of ketones is 1. The topological polar surface area (TPSA) is 75.4 Å². The van der Waals surface area contributed by atoms with E-state index in [2.05, 4.69) is 10.2 Å². The van der Waals surface area contributed by atoms with E-state index in [-0.39, 0.29) is 11.7 Å². The number of hydrogen-bond donors (Lipinski definition) is 2. The minimum Gasteiger partial charge on any atom is -0.399 e. The maximum Gasteiger partial charge on any atom is 0.255 e. The molecule has 3 N–H and O–H groups in total. The second-order valence-electron chi connectivity index (χ2n) is 6.06. The number of amides is 1. The fourth-order valence-electron chi connectivity index (χ4n) is 2.98. The number of Topliss-reactive ketones (excluding diaryl/α,β-unsaturated/α-hetero) is 1. The summed E-state index contributed by atoms with van der Waals surface area (Å²) in [5.41, 5.74) is 8.79. The molecule has 124 valence electrons. The Bertz CT molecular complexity index is 780. The van der Waals surface area contributed by atoms with E-state index in [0.717, 1.165) is 18.8 Å². The molecule has 0 bridgehead atoms. The first-order valence-electron chi connectivity index (χ1n) is 8.11. The van der Waals surface area contributed by atoms with Crippen molar-refractivity contribution in [2.24, 2.45) is 0 Å². The average molecular weight is 323 g/mol. The van der Waals surface area contributed by atoms with Crippen LogP contribution in [0.1, 0.15) is 40.5 Å². The van der Waals surface area contributed by atoms with Crippen LogP contribution in [0.5, 0.6) is 0 Å². The van der Waals surface area contributed by atoms with Gasteiger partial charge in [0.1, 0.15) is 0 Å². The van der Waals surface area contributed by atoms with Crippen LogP contribution in [0.15, 0.2) is 42.5 Å². The number of nitrogens with two attached hydrogens (primary N) is 1. The number of rotatable bonds is 4. The van der Waals surface area contributed by atoms with Crippen molar-refractivity contribution in [3.8, 4) is 0 Å². The van der Waals surface area contributed by atoms with Gasteiger partial charge in [-0.05, 0) is 56.2 Å². The van der Waals surface area contributed by atoms with Crippen molar-refractivity contribution in [2.45, 2.75) is 19.8 Å². The van der Waals surface area contributed by atoms with Gasteiger partial charge in [-0.25, -0.2) is 0 Å². The summed E-state index contributed by atoms with van der Waals surface area (Å²) in [5, 5.41) is 2.82. The lowest BCUT2D eigenvalue weighted by atomic mass is 10.1. The molecule has 0 spiro atoms. The molecule has 0 radical (unpaired) electrons. The Balaban J connectivity index is 1.86. The molecule has 1 aliphatic rings. The van der Waals surface area contributed by atoms with Crippen LogP contribution in [0.2, 0.25) is 0 Å². The lowest BCUT2D eigenvalue weighted by Crippen LogP contribution is -2.19. The highest BCUT2D eigenvalue weighted by Crippen LogP contribution is 2.27. The van der Waals surface area contributed by atoms with Gasteiger partial charge in [0.05, 0.1) is 5.69 Å². The molecular weight excluding hydrogens is 302 g/mol. The highest BCUT2D eigenvalue weighted by molar-refractivity contribution is 6.09. The monoisotopic (exact) mass is 323 g/mol. The molecule has 0 unspecified atom stereocenters. The van der Waals surface area contributed by atoms with Crippen LogP contribution in [-0.2, 0) is 0 Å². The molecule has 0 atom stereocenters. The summed E-state index contributed by atoms with van der Waals surface area (Å²) in [7, 11) is 0. The molecule has 1 fully saturated rings. The van der Waals surface area contributed by atoms with Crippen LogP contribution in [0.3, 0.4) is 0 Å². The van der Waals surface area contributed by atoms with Crippen molar-refractivity contribution in [1.82, 2.24) is 0 Å². The molecule has 2 aromatic carbocycles. The second kappa shape index (κ2) is 6.74. The highest BCUT2D eigenvalue weighted by atomic mass is 16.1. The van der Waals surface area contributed by atoms with Gasteiger partial charge in [0.15, 0.2) is 5.78 Å². The van der Waals surface area contributed by atoms with Crippen LogP contribution < -0.4 is 16.0 Å². The van der Waals surface area contributed by atoms with E-state index in [1.807, 2.05) is 12.1 Å². The quantitative estimate of drug-likeness (QED) is 0.668. The fraction of sp³-hybridized carbons (Fsp3) is 0.263. The second-order valence-corrected chi connectivity index (χ2v) is 6.06. The maximum atomic E-state index is 12.4. The van der Waals surface area contributed by atoms with Gasteiger partial charge in [-0.1, -0.05) is 6.07 Å². The van der Waals surface area contributed by atoms with Gasteiger partial charge in [0.25, 0.3) is 5.91 Å². The first-order chi connectivity index (χ1) is 11.5. The zero-order valence-electron chi connectivity index (χ0n) is 13.7. The molecule has 24 heavy (non-hydrogen) atoms. The molecule has 5 heteroatoms. The largest absolute Gasteiger partial charge is 0.399 e. The van der Waals surface area contributed by atoms with E-state index < -0.39 is 0 Å². The van der Waals surface area contributed by atoms with Crippen molar-refractivity contribution >= 4 is 28.8 Å². The molecule has 0 saturated carbocycles. The summed E-state index contributed by atoms with van der Waals surface area (Å²) in [4.78, 5) is 26.7. The standard InChI is InChI=1S/C19H21N3O2/c1-13(23)17-12-16(22-9-2-3-10-22)7-8-18(17)21-19(24)14-5-4-6-15(20)11-14/h4-8,11-12H,2-3,9-10,20H2,1H3,(H,21,24). The number of anilines is 3. The van der Waals surface area contributed by atoms with E-state index in [1.165, 1.54) is 19.8 Å². The van der Waals surface area contributed by atoms with Crippen LogP contribution in [0.4, 0.5) is 17.1 Å². The van der Waals surface area contributed by atoms with Crippen LogP contribution in [-0.4, -0.2) is 24.8 Å². The maximum absolute atomic E-state index is 12.4. The Hall–Kier alpha value is -2.82. The normalized spacial score (nSPS) is 13.8. The Morgan fingerprint density at radius 1 is 1.08 bits per heavy atom. The number of nitrogen functional groups attached to an aromatic ring is 1. The molecule has 1 heterocycles. The molecule has 1 amide bonds. The number of carbonyl (C=O) groups excluding carboxylic acids is 2.